The maximum absolute atomic E-state index is 12.2. The number of benzene rings is 1. The van der Waals surface area contributed by atoms with Crippen LogP contribution >= 0.6 is 0 Å². The summed E-state index contributed by atoms with van der Waals surface area (Å²) >= 11 is 0. The Morgan fingerprint density at radius 1 is 1.21 bits per heavy atom. The fraction of sp³-hybridized carbons (Fsp3) is 0.562. The Morgan fingerprint density at radius 3 is 2.47 bits per heavy atom. The maximum Gasteiger partial charge on any atom is 0.317 e. The Hall–Kier alpha value is -1.51. The van der Waals surface area contributed by atoms with Crippen molar-refractivity contribution in [3.05, 3.63) is 35.9 Å². The number of nitrogens with zero attached hydrogens (tertiary/aromatic N) is 1. The molecule has 0 saturated heterocycles. The van der Waals surface area contributed by atoms with Crippen molar-refractivity contribution in [2.75, 3.05) is 7.05 Å². The highest BCUT2D eigenvalue weighted by molar-refractivity contribution is 5.74. The van der Waals surface area contributed by atoms with Gasteiger partial charge in [-0.05, 0) is 25.3 Å². The van der Waals surface area contributed by atoms with Gasteiger partial charge in [-0.15, -0.1) is 0 Å². The molecule has 104 valence electrons. The molecule has 1 aliphatic rings. The monoisotopic (exact) mass is 260 g/mol. The Bertz CT molecular complexity index is 398. The van der Waals surface area contributed by atoms with Gasteiger partial charge in [-0.1, -0.05) is 49.6 Å². The topological polar surface area (TPSA) is 32.3 Å². The van der Waals surface area contributed by atoms with E-state index in [1.54, 1.807) is 4.90 Å². The number of amides is 2. The zero-order chi connectivity index (χ0) is 13.7. The van der Waals surface area contributed by atoms with Gasteiger partial charge in [0.2, 0.25) is 0 Å². The molecular weight excluding hydrogens is 236 g/mol. The van der Waals surface area contributed by atoms with Crippen molar-refractivity contribution < 1.29 is 4.79 Å². The summed E-state index contributed by atoms with van der Waals surface area (Å²) in [4.78, 5) is 14.0. The fourth-order valence-corrected chi connectivity index (χ4v) is 2.65. The first kappa shape index (κ1) is 13.9. The Balaban J connectivity index is 1.91. The number of rotatable bonds is 3. The molecule has 0 bridgehead atoms. The zero-order valence-corrected chi connectivity index (χ0v) is 11.9. The summed E-state index contributed by atoms with van der Waals surface area (Å²) in [7, 11) is 1.87. The van der Waals surface area contributed by atoms with Gasteiger partial charge in [0.1, 0.15) is 0 Å². The highest BCUT2D eigenvalue weighted by atomic mass is 16.2. The van der Waals surface area contributed by atoms with Crippen LogP contribution in [-0.4, -0.2) is 24.0 Å². The SMILES string of the molecule is CC(c1ccccc1)N(C)C(=O)NC1CCCCC1. The van der Waals surface area contributed by atoms with E-state index in [0.717, 1.165) is 12.8 Å². The number of hydrogen-bond acceptors (Lipinski definition) is 1. The molecule has 0 heterocycles. The second kappa shape index (κ2) is 6.60. The molecule has 1 saturated carbocycles. The van der Waals surface area contributed by atoms with Crippen LogP contribution in [0.3, 0.4) is 0 Å². The number of carbonyl (C=O) groups is 1. The normalized spacial score (nSPS) is 17.8. The smallest absolute Gasteiger partial charge is 0.317 e. The second-order valence-corrected chi connectivity index (χ2v) is 5.48. The van der Waals surface area contributed by atoms with E-state index in [4.69, 9.17) is 0 Å². The Labute approximate surface area is 116 Å². The van der Waals surface area contributed by atoms with Crippen molar-refractivity contribution in [2.45, 2.75) is 51.1 Å². The summed E-state index contributed by atoms with van der Waals surface area (Å²) < 4.78 is 0. The van der Waals surface area contributed by atoms with E-state index in [9.17, 15) is 4.79 Å². The molecule has 19 heavy (non-hydrogen) atoms. The molecule has 1 aromatic carbocycles. The van der Waals surface area contributed by atoms with Gasteiger partial charge in [0.25, 0.3) is 0 Å². The molecule has 1 atom stereocenters. The molecule has 1 aromatic rings. The van der Waals surface area contributed by atoms with Crippen molar-refractivity contribution in [1.82, 2.24) is 10.2 Å². The lowest BCUT2D eigenvalue weighted by Crippen LogP contribution is -2.44. The van der Waals surface area contributed by atoms with Gasteiger partial charge in [-0.3, -0.25) is 0 Å². The molecule has 0 spiro atoms. The van der Waals surface area contributed by atoms with E-state index >= 15 is 0 Å². The van der Waals surface area contributed by atoms with Gasteiger partial charge < -0.3 is 10.2 Å². The third-order valence-electron chi connectivity index (χ3n) is 4.12. The second-order valence-electron chi connectivity index (χ2n) is 5.48. The average molecular weight is 260 g/mol. The quantitative estimate of drug-likeness (QED) is 0.882. The van der Waals surface area contributed by atoms with Gasteiger partial charge in [0.15, 0.2) is 0 Å². The van der Waals surface area contributed by atoms with Gasteiger partial charge in [-0.25, -0.2) is 4.79 Å². The van der Waals surface area contributed by atoms with E-state index in [0.29, 0.717) is 6.04 Å². The van der Waals surface area contributed by atoms with Crippen molar-refractivity contribution in [1.29, 1.82) is 0 Å². The van der Waals surface area contributed by atoms with E-state index in [2.05, 4.69) is 24.4 Å². The van der Waals surface area contributed by atoms with Crippen LogP contribution < -0.4 is 5.32 Å². The lowest BCUT2D eigenvalue weighted by molar-refractivity contribution is 0.186. The summed E-state index contributed by atoms with van der Waals surface area (Å²) in [6.07, 6.45) is 6.03. The first-order valence-corrected chi connectivity index (χ1v) is 7.27. The minimum atomic E-state index is 0.0447. The highest BCUT2D eigenvalue weighted by Crippen LogP contribution is 2.20. The van der Waals surface area contributed by atoms with Crippen molar-refractivity contribution in [3.8, 4) is 0 Å². The summed E-state index contributed by atoms with van der Waals surface area (Å²) in [5, 5.41) is 3.16. The summed E-state index contributed by atoms with van der Waals surface area (Å²) in [5.41, 5.74) is 1.17. The number of nitrogens with one attached hydrogen (secondary N) is 1. The number of hydrogen-bond donors (Lipinski definition) is 1. The van der Waals surface area contributed by atoms with Crippen LogP contribution in [0.5, 0.6) is 0 Å². The van der Waals surface area contributed by atoms with Crippen LogP contribution in [0.2, 0.25) is 0 Å². The maximum atomic E-state index is 12.2. The third kappa shape index (κ3) is 3.72. The third-order valence-corrected chi connectivity index (χ3v) is 4.12. The minimum Gasteiger partial charge on any atom is -0.335 e. The first-order valence-electron chi connectivity index (χ1n) is 7.27. The van der Waals surface area contributed by atoms with E-state index < -0.39 is 0 Å². The molecule has 0 aliphatic heterocycles. The van der Waals surface area contributed by atoms with Gasteiger partial charge in [0, 0.05) is 13.1 Å². The van der Waals surface area contributed by atoms with Crippen LogP contribution in [0.1, 0.15) is 50.6 Å². The fourth-order valence-electron chi connectivity index (χ4n) is 2.65. The molecule has 1 unspecified atom stereocenters. The summed E-state index contributed by atoms with van der Waals surface area (Å²) in [6, 6.07) is 10.7. The predicted molar refractivity (Wildman–Crippen MR) is 78.0 cm³/mol. The zero-order valence-electron chi connectivity index (χ0n) is 11.9. The average Bonchev–Trinajstić information content (AvgIpc) is 2.47. The lowest BCUT2D eigenvalue weighted by atomic mass is 9.96. The molecular formula is C16H24N2O. The van der Waals surface area contributed by atoms with Crippen molar-refractivity contribution in [3.63, 3.8) is 0 Å². The largest absolute Gasteiger partial charge is 0.335 e. The van der Waals surface area contributed by atoms with Gasteiger partial charge in [-0.2, -0.15) is 0 Å². The van der Waals surface area contributed by atoms with Gasteiger partial charge >= 0.3 is 6.03 Å². The lowest BCUT2D eigenvalue weighted by Gasteiger charge is -2.29. The molecule has 3 heteroatoms. The van der Waals surface area contributed by atoms with Gasteiger partial charge in [0.05, 0.1) is 6.04 Å². The van der Waals surface area contributed by atoms with Crippen LogP contribution in [0, 0.1) is 0 Å². The molecule has 1 aliphatic carbocycles. The molecule has 3 nitrogen and oxygen atoms in total. The van der Waals surface area contributed by atoms with Crippen LogP contribution in [-0.2, 0) is 0 Å². The van der Waals surface area contributed by atoms with E-state index in [1.165, 1.54) is 24.8 Å². The van der Waals surface area contributed by atoms with Crippen molar-refractivity contribution >= 4 is 6.03 Å². The molecule has 0 aromatic heterocycles. The predicted octanol–water partition coefficient (Wildman–Crippen LogP) is 3.72. The molecule has 1 N–H and O–H groups in total. The molecule has 2 rings (SSSR count). The number of urea groups is 1. The standard InChI is InChI=1S/C16H24N2O/c1-13(14-9-5-3-6-10-14)18(2)16(19)17-15-11-7-4-8-12-15/h3,5-6,9-10,13,15H,4,7-8,11-12H2,1-2H3,(H,17,19). The van der Waals surface area contributed by atoms with E-state index in [1.807, 2.05) is 25.2 Å². The van der Waals surface area contributed by atoms with Crippen molar-refractivity contribution in [2.24, 2.45) is 0 Å². The van der Waals surface area contributed by atoms with E-state index in [-0.39, 0.29) is 12.1 Å². The summed E-state index contributed by atoms with van der Waals surface area (Å²) in [5.74, 6) is 0. The molecule has 2 amide bonds. The van der Waals surface area contributed by atoms with Crippen LogP contribution in [0.4, 0.5) is 4.79 Å². The first-order chi connectivity index (χ1) is 9.18. The Morgan fingerprint density at radius 2 is 1.84 bits per heavy atom. The molecule has 0 radical (unpaired) electrons. The number of carbonyl (C=O) groups excluding carboxylic acids is 1. The summed E-state index contributed by atoms with van der Waals surface area (Å²) in [6.45, 7) is 2.07. The highest BCUT2D eigenvalue weighted by Gasteiger charge is 2.21. The van der Waals surface area contributed by atoms with Crippen LogP contribution in [0.25, 0.3) is 0 Å². The Kier molecular flexibility index (Phi) is 4.83. The van der Waals surface area contributed by atoms with Crippen LogP contribution in [0.15, 0.2) is 30.3 Å². The molecule has 1 fully saturated rings. The minimum absolute atomic E-state index is 0.0447.